The molecule has 0 saturated carbocycles. The fourth-order valence-corrected chi connectivity index (χ4v) is 11.6. The van der Waals surface area contributed by atoms with E-state index in [-0.39, 0.29) is 0 Å². The van der Waals surface area contributed by atoms with Gasteiger partial charge in [0.2, 0.25) is 0 Å². The third-order valence-corrected chi connectivity index (χ3v) is 14.5. The number of benzene rings is 10. The number of rotatable bonds is 4. The van der Waals surface area contributed by atoms with Crippen molar-refractivity contribution in [3.8, 4) is 39.9 Å². The molecule has 15 aromatic rings. The maximum absolute atomic E-state index is 6.93. The van der Waals surface area contributed by atoms with E-state index >= 15 is 0 Å². The molecule has 306 valence electrons. The summed E-state index contributed by atoms with van der Waals surface area (Å²) in [7, 11) is 0. The van der Waals surface area contributed by atoms with E-state index in [0.29, 0.717) is 17.5 Å². The van der Waals surface area contributed by atoms with Crippen molar-refractivity contribution in [3.63, 3.8) is 0 Å². The standard InChI is InChI=1S/C59H32N4O2S/c1-2-14-34-30-47-45(29-33(34)13-1)37-15-5-9-21-46(37)63(47)55-53-44-20-7-11-23-49(44)65-56(53)43-19-4-3-18-42(43)54(55)59-61-57(35-25-27-39-38-16-6-10-22-48(38)64-50(39)31-35)60-58(62-59)36-26-28-41-40-17-8-12-24-51(40)66-52(41)32-36/h1-32H. The van der Waals surface area contributed by atoms with Crippen LogP contribution in [0.15, 0.2) is 203 Å². The molecule has 0 bridgehead atoms. The van der Waals surface area contributed by atoms with Crippen LogP contribution in [0, 0.1) is 0 Å². The molecule has 0 saturated heterocycles. The van der Waals surface area contributed by atoms with Crippen molar-refractivity contribution in [2.24, 2.45) is 0 Å². The Bertz CT molecular complexity index is 4420. The predicted octanol–water partition coefficient (Wildman–Crippen LogP) is 16.4. The topological polar surface area (TPSA) is 69.9 Å². The highest BCUT2D eigenvalue weighted by atomic mass is 32.1. The van der Waals surface area contributed by atoms with Crippen LogP contribution in [0.25, 0.3) is 147 Å². The van der Waals surface area contributed by atoms with E-state index in [1.807, 2.05) is 24.3 Å². The fourth-order valence-electron chi connectivity index (χ4n) is 10.4. The predicted molar refractivity (Wildman–Crippen MR) is 273 cm³/mol. The van der Waals surface area contributed by atoms with Crippen LogP contribution in [0.2, 0.25) is 0 Å². The number of furan rings is 2. The van der Waals surface area contributed by atoms with E-state index in [0.717, 1.165) is 104 Å². The molecule has 5 heterocycles. The molecular formula is C59H32N4O2S. The van der Waals surface area contributed by atoms with Crippen LogP contribution >= 0.6 is 11.3 Å². The number of aromatic nitrogens is 4. The van der Waals surface area contributed by atoms with Gasteiger partial charge in [-0.3, -0.25) is 0 Å². The maximum atomic E-state index is 6.93. The van der Waals surface area contributed by atoms with Crippen molar-refractivity contribution in [2.45, 2.75) is 0 Å². The van der Waals surface area contributed by atoms with Gasteiger partial charge >= 0.3 is 0 Å². The maximum Gasteiger partial charge on any atom is 0.166 e. The van der Waals surface area contributed by atoms with Crippen molar-refractivity contribution in [2.75, 3.05) is 0 Å². The van der Waals surface area contributed by atoms with Gasteiger partial charge in [-0.15, -0.1) is 11.3 Å². The average molecular weight is 861 g/mol. The highest BCUT2D eigenvalue weighted by Gasteiger charge is 2.28. The minimum atomic E-state index is 0.550. The Balaban J connectivity index is 1.10. The minimum Gasteiger partial charge on any atom is -0.456 e. The van der Waals surface area contributed by atoms with E-state index in [1.54, 1.807) is 11.3 Å². The molecule has 0 aliphatic rings. The average Bonchev–Trinajstić information content (AvgIpc) is 4.14. The molecule has 0 aliphatic heterocycles. The lowest BCUT2D eigenvalue weighted by atomic mass is 9.96. The van der Waals surface area contributed by atoms with Gasteiger partial charge in [0.05, 0.1) is 27.7 Å². The molecule has 6 nitrogen and oxygen atoms in total. The Labute approximate surface area is 379 Å². The van der Waals surface area contributed by atoms with Gasteiger partial charge in [-0.2, -0.15) is 0 Å². The molecule has 0 atom stereocenters. The molecule has 0 N–H and O–H groups in total. The van der Waals surface area contributed by atoms with Crippen LogP contribution < -0.4 is 0 Å². The first-order valence-electron chi connectivity index (χ1n) is 22.1. The highest BCUT2D eigenvalue weighted by molar-refractivity contribution is 7.25. The molecule has 0 spiro atoms. The lowest BCUT2D eigenvalue weighted by molar-refractivity contribution is 0.669. The molecule has 0 unspecified atom stereocenters. The first-order valence-corrected chi connectivity index (χ1v) is 22.9. The summed E-state index contributed by atoms with van der Waals surface area (Å²) in [6.07, 6.45) is 0. The lowest BCUT2D eigenvalue weighted by Crippen LogP contribution is -2.05. The quantitative estimate of drug-likeness (QED) is 0.176. The summed E-state index contributed by atoms with van der Waals surface area (Å²) in [4.78, 5) is 16.5. The van der Waals surface area contributed by atoms with Gasteiger partial charge in [-0.1, -0.05) is 140 Å². The van der Waals surface area contributed by atoms with Gasteiger partial charge in [0.25, 0.3) is 0 Å². The van der Waals surface area contributed by atoms with Crippen molar-refractivity contribution >= 4 is 119 Å². The van der Waals surface area contributed by atoms with E-state index in [4.69, 9.17) is 23.8 Å². The Kier molecular flexibility index (Phi) is 7.28. The van der Waals surface area contributed by atoms with Gasteiger partial charge in [0.1, 0.15) is 22.3 Å². The summed E-state index contributed by atoms with van der Waals surface area (Å²) in [5.41, 5.74) is 8.99. The summed E-state index contributed by atoms with van der Waals surface area (Å²) in [6, 6.07) is 68.4. The van der Waals surface area contributed by atoms with Crippen molar-refractivity contribution < 1.29 is 8.83 Å². The summed E-state index contributed by atoms with van der Waals surface area (Å²) < 4.78 is 18.2. The van der Waals surface area contributed by atoms with Gasteiger partial charge in [0.15, 0.2) is 17.5 Å². The minimum absolute atomic E-state index is 0.550. The number of hydrogen-bond acceptors (Lipinski definition) is 6. The fraction of sp³-hybridized carbons (Fsp3) is 0. The second-order valence-electron chi connectivity index (χ2n) is 17.1. The first kappa shape index (κ1) is 35.8. The molecule has 0 aliphatic carbocycles. The second kappa shape index (κ2) is 13.4. The van der Waals surface area contributed by atoms with Gasteiger partial charge < -0.3 is 13.4 Å². The van der Waals surface area contributed by atoms with Crippen LogP contribution in [0.4, 0.5) is 0 Å². The highest BCUT2D eigenvalue weighted by Crippen LogP contribution is 2.48. The van der Waals surface area contributed by atoms with Crippen molar-refractivity contribution in [3.05, 3.63) is 194 Å². The third-order valence-electron chi connectivity index (χ3n) is 13.4. The summed E-state index contributed by atoms with van der Waals surface area (Å²) in [6.45, 7) is 0. The number of thiophene rings is 1. The first-order chi connectivity index (χ1) is 32.7. The molecule has 10 aromatic carbocycles. The Morgan fingerprint density at radius 3 is 1.76 bits per heavy atom. The van der Waals surface area contributed by atoms with E-state index in [2.05, 4.69) is 174 Å². The van der Waals surface area contributed by atoms with Gasteiger partial charge in [0, 0.05) is 63.6 Å². The molecule has 0 amide bonds. The van der Waals surface area contributed by atoms with Gasteiger partial charge in [-0.25, -0.2) is 15.0 Å². The van der Waals surface area contributed by atoms with E-state index in [9.17, 15) is 0 Å². The molecule has 15 rings (SSSR count). The summed E-state index contributed by atoms with van der Waals surface area (Å²) >= 11 is 1.79. The largest absolute Gasteiger partial charge is 0.456 e. The summed E-state index contributed by atoms with van der Waals surface area (Å²) in [5, 5.41) is 13.2. The van der Waals surface area contributed by atoms with Gasteiger partial charge in [-0.05, 0) is 70.8 Å². The summed E-state index contributed by atoms with van der Waals surface area (Å²) in [5.74, 6) is 1.69. The zero-order valence-corrected chi connectivity index (χ0v) is 35.8. The molecular weight excluding hydrogens is 829 g/mol. The smallest absolute Gasteiger partial charge is 0.166 e. The van der Waals surface area contributed by atoms with E-state index in [1.165, 1.54) is 25.6 Å². The van der Waals surface area contributed by atoms with E-state index < -0.39 is 0 Å². The number of hydrogen-bond donors (Lipinski definition) is 0. The molecule has 0 radical (unpaired) electrons. The number of para-hydroxylation sites is 3. The molecule has 66 heavy (non-hydrogen) atoms. The van der Waals surface area contributed by atoms with Crippen LogP contribution in [-0.4, -0.2) is 19.5 Å². The van der Waals surface area contributed by atoms with Crippen LogP contribution in [-0.2, 0) is 0 Å². The van der Waals surface area contributed by atoms with Crippen LogP contribution in [0.3, 0.4) is 0 Å². The zero-order chi connectivity index (χ0) is 43.0. The van der Waals surface area contributed by atoms with Crippen molar-refractivity contribution in [1.29, 1.82) is 0 Å². The zero-order valence-electron chi connectivity index (χ0n) is 35.0. The van der Waals surface area contributed by atoms with Crippen LogP contribution in [0.5, 0.6) is 0 Å². The van der Waals surface area contributed by atoms with Crippen molar-refractivity contribution in [1.82, 2.24) is 19.5 Å². The Morgan fingerprint density at radius 1 is 0.364 bits per heavy atom. The van der Waals surface area contributed by atoms with Crippen LogP contribution in [0.1, 0.15) is 0 Å². The molecule has 0 fully saturated rings. The molecule has 7 heteroatoms. The SMILES string of the molecule is c1ccc2cc3c(cc2c1)c1ccccc1n3-c1c(-c2nc(-c3ccc4c(c3)oc3ccccc34)nc(-c3ccc4c(c3)sc3ccccc34)n2)c2ccccc2c2oc3ccccc3c12. The normalized spacial score (nSPS) is 12.2. The molecule has 5 aromatic heterocycles. The Morgan fingerprint density at radius 2 is 0.939 bits per heavy atom. The Hall–Kier alpha value is -8.65. The monoisotopic (exact) mass is 860 g/mol. The number of nitrogens with zero attached hydrogens (tertiary/aromatic N) is 4. The second-order valence-corrected chi connectivity index (χ2v) is 18.1. The third kappa shape index (κ3) is 5.08. The lowest BCUT2D eigenvalue weighted by Gasteiger charge is -2.18. The number of fused-ring (bicyclic) bond motifs is 15.